The van der Waals surface area contributed by atoms with Crippen molar-refractivity contribution in [2.45, 2.75) is 26.9 Å². The lowest BCUT2D eigenvalue weighted by Gasteiger charge is -2.25. The van der Waals surface area contributed by atoms with Crippen molar-refractivity contribution in [3.63, 3.8) is 0 Å². The minimum Gasteiger partial charge on any atom is -0.487 e. The molecule has 0 radical (unpaired) electrons. The maximum absolute atomic E-state index is 12.6. The first kappa shape index (κ1) is 33.7. The number of amides is 1. The number of halogens is 5. The van der Waals surface area contributed by atoms with Crippen LogP contribution in [0.15, 0.2) is 54.6 Å². The van der Waals surface area contributed by atoms with E-state index in [0.717, 1.165) is 35.0 Å². The van der Waals surface area contributed by atoms with E-state index in [-0.39, 0.29) is 46.4 Å². The molecule has 0 aliphatic carbocycles. The summed E-state index contributed by atoms with van der Waals surface area (Å²) >= 11 is 11.5. The van der Waals surface area contributed by atoms with Gasteiger partial charge in [-0.3, -0.25) is 14.9 Å². The van der Waals surface area contributed by atoms with Crippen LogP contribution in [0.1, 0.15) is 23.6 Å². The van der Waals surface area contributed by atoms with Crippen LogP contribution in [0.5, 0.6) is 17.2 Å². The molecule has 3 rings (SSSR count). The van der Waals surface area contributed by atoms with Crippen molar-refractivity contribution in [3.8, 4) is 17.2 Å². The fourth-order valence-corrected chi connectivity index (χ4v) is 4.08. The number of ether oxygens (including phenoxy) is 3. The highest BCUT2D eigenvalue weighted by molar-refractivity contribution is 6.32. The van der Waals surface area contributed by atoms with E-state index in [1.807, 2.05) is 32.0 Å². The first-order chi connectivity index (χ1) is 19.3. The van der Waals surface area contributed by atoms with Gasteiger partial charge in [-0.05, 0) is 56.2 Å². The number of aryl methyl sites for hydroxylation is 2. The number of nitro benzene ring substituents is 1. The quantitative estimate of drug-likeness (QED) is 0.130. The number of para-hydroxylation sites is 1. The number of carbonyl (C=O) groups excluding carboxylic acids is 1. The Bertz CT molecular complexity index is 1330. The molecule has 0 atom stereocenters. The van der Waals surface area contributed by atoms with Crippen LogP contribution in [0.4, 0.5) is 24.5 Å². The summed E-state index contributed by atoms with van der Waals surface area (Å²) in [6.07, 6.45) is -4.52. The van der Waals surface area contributed by atoms with E-state index < -0.39 is 16.7 Å². The second-order valence-electron chi connectivity index (χ2n) is 8.48. The molecule has 0 aromatic heterocycles. The van der Waals surface area contributed by atoms with Gasteiger partial charge in [-0.25, -0.2) is 0 Å². The summed E-state index contributed by atoms with van der Waals surface area (Å²) in [5.41, 5.74) is 1.93. The molecule has 3 aromatic rings. The lowest BCUT2D eigenvalue weighted by molar-refractivity contribution is -0.385. The number of nitro groups is 1. The molecule has 13 heteroatoms. The first-order valence-electron chi connectivity index (χ1n) is 12.2. The molecule has 41 heavy (non-hydrogen) atoms. The zero-order valence-corrected chi connectivity index (χ0v) is 24.3. The second kappa shape index (κ2) is 15.5. The Kier molecular flexibility index (Phi) is 12.7. The molecule has 8 nitrogen and oxygen atoms in total. The Balaban J connectivity index is 0.000000305. The van der Waals surface area contributed by atoms with E-state index in [0.29, 0.717) is 13.2 Å². The number of anilines is 1. The summed E-state index contributed by atoms with van der Waals surface area (Å²) in [6.45, 7) is 6.85. The topological polar surface area (TPSA) is 91.1 Å². The van der Waals surface area contributed by atoms with E-state index in [1.165, 1.54) is 18.2 Å². The number of benzene rings is 3. The Morgan fingerprint density at radius 2 is 1.71 bits per heavy atom. The number of rotatable bonds is 10. The summed E-state index contributed by atoms with van der Waals surface area (Å²) in [5, 5.41) is 10.7. The highest BCUT2D eigenvalue weighted by atomic mass is 35.5. The molecule has 0 spiro atoms. The zero-order valence-electron chi connectivity index (χ0n) is 22.8. The van der Waals surface area contributed by atoms with Gasteiger partial charge in [0.25, 0.3) is 0 Å². The summed E-state index contributed by atoms with van der Waals surface area (Å²) in [4.78, 5) is 23.9. The second-order valence-corrected chi connectivity index (χ2v) is 9.15. The molecule has 0 bridgehead atoms. The Morgan fingerprint density at radius 1 is 1.05 bits per heavy atom. The van der Waals surface area contributed by atoms with E-state index in [4.69, 9.17) is 37.4 Å². The smallest absolute Gasteiger partial charge is 0.416 e. The van der Waals surface area contributed by atoms with E-state index in [2.05, 4.69) is 0 Å². The van der Waals surface area contributed by atoms with Gasteiger partial charge >= 0.3 is 11.9 Å². The average Bonchev–Trinajstić information content (AvgIpc) is 2.91. The van der Waals surface area contributed by atoms with Gasteiger partial charge in [0.15, 0.2) is 0 Å². The van der Waals surface area contributed by atoms with Gasteiger partial charge in [0.2, 0.25) is 11.7 Å². The molecule has 0 unspecified atom stereocenters. The molecule has 3 aromatic carbocycles. The van der Waals surface area contributed by atoms with Gasteiger partial charge in [-0.1, -0.05) is 29.8 Å². The van der Waals surface area contributed by atoms with Gasteiger partial charge in [0, 0.05) is 31.5 Å². The van der Waals surface area contributed by atoms with Crippen LogP contribution in [0.25, 0.3) is 0 Å². The van der Waals surface area contributed by atoms with Crippen LogP contribution < -0.4 is 14.4 Å². The lowest BCUT2D eigenvalue weighted by atomic mass is 10.1. The van der Waals surface area contributed by atoms with E-state index >= 15 is 0 Å². The van der Waals surface area contributed by atoms with Crippen molar-refractivity contribution in [3.05, 3.63) is 86.4 Å². The molecular formula is C28H29Cl2F3N2O6. The minimum absolute atomic E-state index is 0.0111. The van der Waals surface area contributed by atoms with Crippen LogP contribution in [0, 0.1) is 24.0 Å². The molecular weight excluding hydrogens is 588 g/mol. The zero-order chi connectivity index (χ0) is 30.7. The minimum atomic E-state index is -4.52. The van der Waals surface area contributed by atoms with Gasteiger partial charge in [0.05, 0.1) is 28.7 Å². The average molecular weight is 617 g/mol. The third-order valence-electron chi connectivity index (χ3n) is 5.56. The molecule has 0 saturated carbocycles. The maximum atomic E-state index is 12.6. The summed E-state index contributed by atoms with van der Waals surface area (Å²) < 4.78 is 53.4. The van der Waals surface area contributed by atoms with Crippen LogP contribution in [-0.2, 0) is 15.7 Å². The molecule has 1 amide bonds. The Labute approximate surface area is 245 Å². The number of carbonyl (C=O) groups is 1. The van der Waals surface area contributed by atoms with Crippen molar-refractivity contribution in [2.75, 3.05) is 37.6 Å². The van der Waals surface area contributed by atoms with Crippen molar-refractivity contribution < 1.29 is 37.1 Å². The fourth-order valence-electron chi connectivity index (χ4n) is 3.71. The highest BCUT2D eigenvalue weighted by Crippen LogP contribution is 2.38. The molecule has 0 aliphatic rings. The molecule has 0 fully saturated rings. The lowest BCUT2D eigenvalue weighted by Crippen LogP contribution is -2.35. The van der Waals surface area contributed by atoms with Crippen molar-refractivity contribution >= 4 is 40.5 Å². The normalized spacial score (nSPS) is 10.9. The van der Waals surface area contributed by atoms with Gasteiger partial charge in [-0.2, -0.15) is 13.2 Å². The van der Waals surface area contributed by atoms with E-state index in [9.17, 15) is 28.1 Å². The Hall–Kier alpha value is -3.54. The highest BCUT2D eigenvalue weighted by Gasteiger charge is 2.31. The van der Waals surface area contributed by atoms with Crippen LogP contribution in [0.2, 0.25) is 5.02 Å². The van der Waals surface area contributed by atoms with Gasteiger partial charge < -0.3 is 19.1 Å². The molecule has 0 saturated heterocycles. The first-order valence-corrected chi connectivity index (χ1v) is 13.1. The summed E-state index contributed by atoms with van der Waals surface area (Å²) in [7, 11) is 1.62. The van der Waals surface area contributed by atoms with Crippen LogP contribution in [-0.4, -0.2) is 43.6 Å². The van der Waals surface area contributed by atoms with Gasteiger partial charge in [-0.15, -0.1) is 11.6 Å². The fraction of sp³-hybridized carbons (Fsp3) is 0.321. The monoisotopic (exact) mass is 616 g/mol. The number of hydrogen-bond donors (Lipinski definition) is 0. The predicted octanol–water partition coefficient (Wildman–Crippen LogP) is 7.98. The SMILES string of the molecule is CCOc1cc(Oc2ccc(C(F)(F)F)cc2Cl)ccc1[N+](=O)[O-].COCCN(C(=O)CCl)c1c(C)cccc1C. The van der Waals surface area contributed by atoms with E-state index in [1.54, 1.807) is 18.9 Å². The number of hydrogen-bond acceptors (Lipinski definition) is 6. The number of methoxy groups -OCH3 is 1. The Morgan fingerprint density at radius 3 is 2.22 bits per heavy atom. The predicted molar refractivity (Wildman–Crippen MR) is 152 cm³/mol. The number of nitrogens with zero attached hydrogens (tertiary/aromatic N) is 2. The third-order valence-corrected chi connectivity index (χ3v) is 6.08. The number of alkyl halides is 4. The largest absolute Gasteiger partial charge is 0.487 e. The van der Waals surface area contributed by atoms with Crippen molar-refractivity contribution in [2.24, 2.45) is 0 Å². The molecule has 0 aliphatic heterocycles. The van der Waals surface area contributed by atoms with Gasteiger partial charge in [0.1, 0.15) is 17.4 Å². The maximum Gasteiger partial charge on any atom is 0.416 e. The molecule has 0 heterocycles. The summed E-state index contributed by atoms with van der Waals surface area (Å²) in [5.74, 6) is 0.00753. The van der Waals surface area contributed by atoms with Crippen molar-refractivity contribution in [1.82, 2.24) is 0 Å². The third kappa shape index (κ3) is 9.51. The molecule has 0 N–H and O–H groups in total. The van der Waals surface area contributed by atoms with Crippen LogP contribution in [0.3, 0.4) is 0 Å². The standard InChI is InChI=1S/C15H11ClF3NO4.C13H18ClNO2/c1-2-23-14-8-10(4-5-12(14)20(21)22)24-13-6-3-9(7-11(13)16)15(17,18)19;1-10-5-4-6-11(2)13(10)15(7-8-17-3)12(16)9-14/h3-8H,2H2,1H3;4-6H,7-9H2,1-3H3. The summed E-state index contributed by atoms with van der Waals surface area (Å²) in [6, 6.07) is 12.4. The molecule has 222 valence electrons. The van der Waals surface area contributed by atoms with Crippen LogP contribution >= 0.6 is 23.2 Å². The van der Waals surface area contributed by atoms with Crippen molar-refractivity contribution in [1.29, 1.82) is 0 Å².